The van der Waals surface area contributed by atoms with Gasteiger partial charge in [0.15, 0.2) is 0 Å². The van der Waals surface area contributed by atoms with Gasteiger partial charge >= 0.3 is 0 Å². The van der Waals surface area contributed by atoms with E-state index in [1.807, 2.05) is 24.3 Å². The van der Waals surface area contributed by atoms with Gasteiger partial charge in [-0.2, -0.15) is 0 Å². The van der Waals surface area contributed by atoms with Crippen LogP contribution in [-0.4, -0.2) is 12.9 Å². The second-order valence-electron chi connectivity index (χ2n) is 4.01. The van der Waals surface area contributed by atoms with Crippen LogP contribution in [0.1, 0.15) is 30.9 Å². The molecule has 0 heterocycles. The fourth-order valence-corrected chi connectivity index (χ4v) is 1.50. The van der Waals surface area contributed by atoms with E-state index in [0.717, 1.165) is 16.7 Å². The smallest absolute Gasteiger partial charge is 0.130 e. The molecule has 2 heteroatoms. The number of methoxy groups -OCH3 is 1. The highest BCUT2D eigenvalue weighted by Gasteiger charge is 2.04. The van der Waals surface area contributed by atoms with Gasteiger partial charge in [-0.1, -0.05) is 31.4 Å². The molecule has 2 nitrogen and oxygen atoms in total. The lowest BCUT2D eigenvalue weighted by Crippen LogP contribution is -1.93. The number of carbonyl (C=O) groups excluding carboxylic acids is 1. The van der Waals surface area contributed by atoms with Gasteiger partial charge < -0.3 is 9.53 Å². The zero-order valence-corrected chi connectivity index (χ0v) is 10.5. The van der Waals surface area contributed by atoms with Crippen LogP contribution in [0.5, 0.6) is 0 Å². The zero-order valence-electron chi connectivity index (χ0n) is 10.5. The van der Waals surface area contributed by atoms with Crippen molar-refractivity contribution in [2.45, 2.75) is 19.8 Å². The molecule has 0 aliphatic rings. The van der Waals surface area contributed by atoms with Crippen LogP contribution in [0.3, 0.4) is 0 Å². The molecule has 0 amide bonds. The Morgan fingerprint density at radius 3 is 2.47 bits per heavy atom. The number of ketones is 1. The number of hydrogen-bond donors (Lipinski definition) is 0. The number of benzene rings is 1. The summed E-state index contributed by atoms with van der Waals surface area (Å²) in [5.41, 5.74) is 2.93. The second-order valence-corrected chi connectivity index (χ2v) is 4.01. The van der Waals surface area contributed by atoms with E-state index in [2.05, 4.69) is 13.2 Å². The normalized spacial score (nSPS) is 9.76. The Labute approximate surface area is 103 Å². The minimum atomic E-state index is 0.184. The number of allylic oxidation sites excluding steroid dienone is 1. The van der Waals surface area contributed by atoms with Gasteiger partial charge in [-0.05, 0) is 30.5 Å². The van der Waals surface area contributed by atoms with Crippen molar-refractivity contribution in [1.29, 1.82) is 0 Å². The van der Waals surface area contributed by atoms with Gasteiger partial charge in [0.05, 0.1) is 7.11 Å². The molecule has 1 rings (SSSR count). The summed E-state index contributed by atoms with van der Waals surface area (Å²) < 4.78 is 5.09. The highest BCUT2D eigenvalue weighted by Crippen LogP contribution is 2.22. The van der Waals surface area contributed by atoms with E-state index in [1.54, 1.807) is 14.0 Å². The first-order valence-electron chi connectivity index (χ1n) is 5.55. The lowest BCUT2D eigenvalue weighted by molar-refractivity contribution is -0.116. The van der Waals surface area contributed by atoms with E-state index in [-0.39, 0.29) is 5.78 Å². The number of Topliss-reactive ketones (excluding diaryl/α,β-unsaturated/α-hetero) is 1. The van der Waals surface area contributed by atoms with Crippen LogP contribution in [0, 0.1) is 0 Å². The molecule has 0 aliphatic carbocycles. The summed E-state index contributed by atoms with van der Waals surface area (Å²) in [6.07, 6.45) is 1.23. The van der Waals surface area contributed by atoms with Gasteiger partial charge in [0.25, 0.3) is 0 Å². The Kier molecular flexibility index (Phi) is 4.70. The van der Waals surface area contributed by atoms with Crippen LogP contribution in [-0.2, 0) is 9.53 Å². The van der Waals surface area contributed by atoms with E-state index >= 15 is 0 Å². The van der Waals surface area contributed by atoms with Gasteiger partial charge in [-0.3, -0.25) is 0 Å². The number of ether oxygens (including phenoxy) is 1. The minimum absolute atomic E-state index is 0.184. The van der Waals surface area contributed by atoms with Crippen molar-refractivity contribution in [3.05, 3.63) is 48.6 Å². The Morgan fingerprint density at radius 1 is 1.24 bits per heavy atom. The molecule has 0 N–H and O–H groups in total. The van der Waals surface area contributed by atoms with E-state index in [9.17, 15) is 4.79 Å². The van der Waals surface area contributed by atoms with E-state index < -0.39 is 0 Å². The molecular formula is C15H18O2. The fourth-order valence-electron chi connectivity index (χ4n) is 1.50. The predicted octanol–water partition coefficient (Wildman–Crippen LogP) is 3.69. The van der Waals surface area contributed by atoms with Crippen LogP contribution in [0.25, 0.3) is 11.3 Å². The Hall–Kier alpha value is -1.83. The standard InChI is InChI=1S/C15H18O2/c1-11(8-9-12(2)16)14-6-5-7-15(10-14)13(3)17-4/h5-7,10H,1,3,8-9H2,2,4H3. The molecule has 0 spiro atoms. The molecule has 17 heavy (non-hydrogen) atoms. The maximum absolute atomic E-state index is 10.9. The summed E-state index contributed by atoms with van der Waals surface area (Å²) in [6.45, 7) is 9.41. The first-order chi connectivity index (χ1) is 8.04. The Morgan fingerprint density at radius 2 is 1.88 bits per heavy atom. The summed E-state index contributed by atoms with van der Waals surface area (Å²) in [5, 5.41) is 0. The third-order valence-electron chi connectivity index (χ3n) is 2.62. The maximum atomic E-state index is 10.9. The van der Waals surface area contributed by atoms with Crippen molar-refractivity contribution in [1.82, 2.24) is 0 Å². The zero-order chi connectivity index (χ0) is 12.8. The van der Waals surface area contributed by atoms with Crippen LogP contribution in [0.15, 0.2) is 37.4 Å². The summed E-state index contributed by atoms with van der Waals surface area (Å²) in [5.74, 6) is 0.815. The molecule has 0 saturated heterocycles. The van der Waals surface area contributed by atoms with E-state index in [0.29, 0.717) is 18.6 Å². The average molecular weight is 230 g/mol. The van der Waals surface area contributed by atoms with Crippen molar-refractivity contribution < 1.29 is 9.53 Å². The maximum Gasteiger partial charge on any atom is 0.130 e. The number of rotatable bonds is 6. The minimum Gasteiger partial charge on any atom is -0.497 e. The van der Waals surface area contributed by atoms with E-state index in [1.165, 1.54) is 0 Å². The van der Waals surface area contributed by atoms with Gasteiger partial charge in [-0.15, -0.1) is 0 Å². The van der Waals surface area contributed by atoms with Crippen LogP contribution in [0.4, 0.5) is 0 Å². The molecule has 0 radical (unpaired) electrons. The number of hydrogen-bond acceptors (Lipinski definition) is 2. The molecule has 0 unspecified atom stereocenters. The molecule has 90 valence electrons. The SMILES string of the molecule is C=C(CCC(C)=O)c1cccc(C(=C)OC)c1. The van der Waals surface area contributed by atoms with Crippen molar-refractivity contribution in [2.24, 2.45) is 0 Å². The summed E-state index contributed by atoms with van der Waals surface area (Å²) >= 11 is 0. The van der Waals surface area contributed by atoms with E-state index in [4.69, 9.17) is 4.74 Å². The largest absolute Gasteiger partial charge is 0.497 e. The van der Waals surface area contributed by atoms with Crippen molar-refractivity contribution >= 4 is 17.1 Å². The van der Waals surface area contributed by atoms with Crippen molar-refractivity contribution in [2.75, 3.05) is 7.11 Å². The summed E-state index contributed by atoms with van der Waals surface area (Å²) in [4.78, 5) is 10.9. The van der Waals surface area contributed by atoms with Crippen molar-refractivity contribution in [3.63, 3.8) is 0 Å². The van der Waals surface area contributed by atoms with Crippen LogP contribution in [0.2, 0.25) is 0 Å². The molecular weight excluding hydrogens is 212 g/mol. The molecule has 0 saturated carbocycles. The topological polar surface area (TPSA) is 26.3 Å². The monoisotopic (exact) mass is 230 g/mol. The first-order valence-corrected chi connectivity index (χ1v) is 5.55. The van der Waals surface area contributed by atoms with Gasteiger partial charge in [-0.25, -0.2) is 0 Å². The quantitative estimate of drug-likeness (QED) is 0.697. The average Bonchev–Trinajstić information content (AvgIpc) is 2.35. The van der Waals surface area contributed by atoms with Crippen LogP contribution < -0.4 is 0 Å². The molecule has 0 aliphatic heterocycles. The summed E-state index contributed by atoms with van der Waals surface area (Å²) in [6, 6.07) is 7.84. The number of carbonyl (C=O) groups is 1. The van der Waals surface area contributed by atoms with Crippen LogP contribution >= 0.6 is 0 Å². The highest BCUT2D eigenvalue weighted by molar-refractivity contribution is 5.78. The lowest BCUT2D eigenvalue weighted by atomic mass is 9.99. The van der Waals surface area contributed by atoms with Gasteiger partial charge in [0, 0.05) is 12.0 Å². The third-order valence-corrected chi connectivity index (χ3v) is 2.62. The molecule has 1 aromatic carbocycles. The second kappa shape index (κ2) is 6.04. The van der Waals surface area contributed by atoms with Gasteiger partial charge in [0.2, 0.25) is 0 Å². The molecule has 1 aromatic rings. The molecule has 0 fully saturated rings. The first kappa shape index (κ1) is 13.2. The van der Waals surface area contributed by atoms with Crippen molar-refractivity contribution in [3.8, 4) is 0 Å². The highest BCUT2D eigenvalue weighted by atomic mass is 16.5. The predicted molar refractivity (Wildman–Crippen MR) is 71.4 cm³/mol. The molecule has 0 aromatic heterocycles. The fraction of sp³-hybridized carbons (Fsp3) is 0.267. The Bertz CT molecular complexity index is 444. The Balaban J connectivity index is 2.80. The lowest BCUT2D eigenvalue weighted by Gasteiger charge is -2.08. The molecule has 0 bridgehead atoms. The summed E-state index contributed by atoms with van der Waals surface area (Å²) in [7, 11) is 1.60. The van der Waals surface area contributed by atoms with Gasteiger partial charge in [0.1, 0.15) is 11.5 Å². The third kappa shape index (κ3) is 3.91. The molecule has 0 atom stereocenters.